The van der Waals surface area contributed by atoms with Crippen molar-refractivity contribution >= 4 is 29.9 Å². The molecule has 1 aliphatic heterocycles. The maximum atomic E-state index is 4.50. The number of pyridine rings is 1. The summed E-state index contributed by atoms with van der Waals surface area (Å²) < 4.78 is 1.93. The summed E-state index contributed by atoms with van der Waals surface area (Å²) in [5.74, 6) is 1.80. The van der Waals surface area contributed by atoms with Crippen LogP contribution in [-0.2, 0) is 19.5 Å². The van der Waals surface area contributed by atoms with Gasteiger partial charge in [0.25, 0.3) is 0 Å². The van der Waals surface area contributed by atoms with Gasteiger partial charge in [-0.25, -0.2) is 9.97 Å². The molecule has 1 aliphatic rings. The fourth-order valence-corrected chi connectivity index (χ4v) is 3.37. The second-order valence-electron chi connectivity index (χ2n) is 6.30. The third-order valence-electron chi connectivity index (χ3n) is 4.70. The molecule has 0 saturated carbocycles. The van der Waals surface area contributed by atoms with Gasteiger partial charge in [-0.05, 0) is 23.6 Å². The number of hydrogen-bond acceptors (Lipinski definition) is 3. The minimum absolute atomic E-state index is 0. The largest absolute Gasteiger partial charge is 0.352 e. The van der Waals surface area contributed by atoms with Gasteiger partial charge in [-0.3, -0.25) is 9.56 Å². The Morgan fingerprint density at radius 2 is 2.00 bits per heavy atom. The van der Waals surface area contributed by atoms with E-state index in [-0.39, 0.29) is 24.0 Å². The molecule has 3 heterocycles. The first-order valence-electron chi connectivity index (χ1n) is 8.80. The Kier molecular flexibility index (Phi) is 6.44. The Bertz CT molecular complexity index is 906. The molecule has 1 N–H and O–H groups in total. The quantitative estimate of drug-likeness (QED) is 0.360. The van der Waals surface area contributed by atoms with Crippen molar-refractivity contribution in [2.75, 3.05) is 13.6 Å². The minimum Gasteiger partial charge on any atom is -0.352 e. The zero-order valence-corrected chi connectivity index (χ0v) is 17.6. The summed E-state index contributed by atoms with van der Waals surface area (Å²) in [5, 5.41) is 3.49. The zero-order valence-electron chi connectivity index (χ0n) is 15.2. The molecule has 0 fully saturated rings. The topological polar surface area (TPSA) is 58.3 Å². The number of nitrogens with one attached hydrogen (secondary N) is 1. The lowest BCUT2D eigenvalue weighted by atomic mass is 10.0. The van der Waals surface area contributed by atoms with E-state index in [1.807, 2.05) is 23.9 Å². The molecular weight excluding hydrogens is 451 g/mol. The first-order chi connectivity index (χ1) is 12.8. The molecule has 0 aliphatic carbocycles. The van der Waals surface area contributed by atoms with Crippen LogP contribution in [0.25, 0.3) is 5.82 Å². The van der Waals surface area contributed by atoms with Crippen LogP contribution in [0.15, 0.2) is 66.3 Å². The van der Waals surface area contributed by atoms with Gasteiger partial charge in [0.05, 0.1) is 0 Å². The second-order valence-corrected chi connectivity index (χ2v) is 6.30. The fourth-order valence-electron chi connectivity index (χ4n) is 3.37. The minimum atomic E-state index is 0. The van der Waals surface area contributed by atoms with Crippen LogP contribution in [0.1, 0.15) is 16.7 Å². The molecule has 140 valence electrons. The number of nitrogens with zero attached hydrogens (tertiary/aromatic N) is 5. The lowest BCUT2D eigenvalue weighted by Gasteiger charge is -2.31. The monoisotopic (exact) mass is 474 g/mol. The van der Waals surface area contributed by atoms with Crippen molar-refractivity contribution in [3.05, 3.63) is 78.0 Å². The van der Waals surface area contributed by atoms with Crippen molar-refractivity contribution in [1.82, 2.24) is 24.8 Å². The van der Waals surface area contributed by atoms with Crippen molar-refractivity contribution < 1.29 is 0 Å². The van der Waals surface area contributed by atoms with Crippen LogP contribution >= 0.6 is 24.0 Å². The number of guanidine groups is 1. The van der Waals surface area contributed by atoms with Crippen molar-refractivity contribution in [2.45, 2.75) is 19.5 Å². The molecule has 4 rings (SSSR count). The van der Waals surface area contributed by atoms with Crippen LogP contribution in [0.3, 0.4) is 0 Å². The lowest BCUT2D eigenvalue weighted by molar-refractivity contribution is 0.378. The van der Waals surface area contributed by atoms with Gasteiger partial charge in [0.2, 0.25) is 0 Å². The number of aliphatic imine (C=N–C) groups is 1. The van der Waals surface area contributed by atoms with Crippen LogP contribution in [0, 0.1) is 0 Å². The molecule has 6 nitrogen and oxygen atoms in total. The third-order valence-corrected chi connectivity index (χ3v) is 4.70. The summed E-state index contributed by atoms with van der Waals surface area (Å²) in [4.78, 5) is 15.4. The highest BCUT2D eigenvalue weighted by molar-refractivity contribution is 14.0. The molecule has 2 aromatic heterocycles. The van der Waals surface area contributed by atoms with Crippen molar-refractivity contribution in [3.63, 3.8) is 0 Å². The standard InChI is InChI=1S/C20H22N6.HI/c1-21-20(25-11-8-16-5-2-3-6-18(16)14-25)24-13-17-7-4-9-23-19(17)26-12-10-22-15-26;/h2-7,9-10,12,15H,8,11,13-14H2,1H3,(H,21,24);1H. The number of imidazole rings is 1. The Morgan fingerprint density at radius 1 is 1.15 bits per heavy atom. The van der Waals surface area contributed by atoms with Crippen molar-refractivity contribution in [1.29, 1.82) is 0 Å². The lowest BCUT2D eigenvalue weighted by Crippen LogP contribution is -2.43. The van der Waals surface area contributed by atoms with Gasteiger partial charge in [0.15, 0.2) is 5.96 Å². The number of rotatable bonds is 3. The molecule has 0 saturated heterocycles. The van der Waals surface area contributed by atoms with E-state index in [2.05, 4.69) is 55.5 Å². The van der Waals surface area contributed by atoms with Crippen molar-refractivity contribution in [2.24, 2.45) is 4.99 Å². The molecule has 7 heteroatoms. The van der Waals surface area contributed by atoms with E-state index in [0.29, 0.717) is 6.54 Å². The van der Waals surface area contributed by atoms with E-state index in [4.69, 9.17) is 0 Å². The third kappa shape index (κ3) is 4.29. The van der Waals surface area contributed by atoms with Gasteiger partial charge in [-0.15, -0.1) is 24.0 Å². The van der Waals surface area contributed by atoms with Crippen LogP contribution in [-0.4, -0.2) is 39.0 Å². The molecule has 0 amide bonds. The summed E-state index contributed by atoms with van der Waals surface area (Å²) in [6, 6.07) is 12.7. The van der Waals surface area contributed by atoms with E-state index < -0.39 is 0 Å². The van der Waals surface area contributed by atoms with Gasteiger partial charge in [0, 0.05) is 50.8 Å². The van der Waals surface area contributed by atoms with Gasteiger partial charge >= 0.3 is 0 Å². The summed E-state index contributed by atoms with van der Waals surface area (Å²) in [6.45, 7) is 2.52. The Labute approximate surface area is 176 Å². The van der Waals surface area contributed by atoms with Crippen molar-refractivity contribution in [3.8, 4) is 5.82 Å². The number of hydrogen-bond donors (Lipinski definition) is 1. The molecule has 0 atom stereocenters. The first-order valence-corrected chi connectivity index (χ1v) is 8.80. The summed E-state index contributed by atoms with van der Waals surface area (Å²) >= 11 is 0. The zero-order chi connectivity index (χ0) is 17.8. The van der Waals surface area contributed by atoms with Crippen LogP contribution in [0.5, 0.6) is 0 Å². The predicted molar refractivity (Wildman–Crippen MR) is 118 cm³/mol. The highest BCUT2D eigenvalue weighted by atomic mass is 127. The van der Waals surface area contributed by atoms with E-state index in [1.54, 1.807) is 18.7 Å². The van der Waals surface area contributed by atoms with Gasteiger partial charge in [-0.1, -0.05) is 30.3 Å². The molecule has 0 bridgehead atoms. The normalized spacial score (nSPS) is 13.7. The summed E-state index contributed by atoms with van der Waals surface area (Å²) in [5.41, 5.74) is 3.92. The molecular formula is C20H23IN6. The van der Waals surface area contributed by atoms with Crippen LogP contribution in [0.4, 0.5) is 0 Å². The molecule has 1 aromatic carbocycles. The predicted octanol–water partition coefficient (Wildman–Crippen LogP) is 3.02. The maximum absolute atomic E-state index is 4.50. The molecule has 27 heavy (non-hydrogen) atoms. The molecule has 3 aromatic rings. The molecule has 0 spiro atoms. The highest BCUT2D eigenvalue weighted by Gasteiger charge is 2.18. The Morgan fingerprint density at radius 3 is 2.78 bits per heavy atom. The SMILES string of the molecule is CN=C(NCc1cccnc1-n1ccnc1)N1CCc2ccccc2C1.I. The summed E-state index contributed by atoms with van der Waals surface area (Å²) in [7, 11) is 1.84. The van der Waals surface area contributed by atoms with Gasteiger partial charge in [-0.2, -0.15) is 0 Å². The second kappa shape index (κ2) is 8.98. The maximum Gasteiger partial charge on any atom is 0.194 e. The summed E-state index contributed by atoms with van der Waals surface area (Å²) in [6.07, 6.45) is 8.28. The number of fused-ring (bicyclic) bond motifs is 1. The highest BCUT2D eigenvalue weighted by Crippen LogP contribution is 2.18. The average molecular weight is 474 g/mol. The van der Waals surface area contributed by atoms with E-state index >= 15 is 0 Å². The van der Waals surface area contributed by atoms with E-state index in [0.717, 1.165) is 36.9 Å². The number of benzene rings is 1. The van der Waals surface area contributed by atoms with Gasteiger partial charge < -0.3 is 10.2 Å². The molecule has 0 unspecified atom stereocenters. The van der Waals surface area contributed by atoms with Gasteiger partial charge in [0.1, 0.15) is 12.1 Å². The van der Waals surface area contributed by atoms with Crippen LogP contribution in [0.2, 0.25) is 0 Å². The Balaban J connectivity index is 0.00000210. The molecule has 0 radical (unpaired) electrons. The first kappa shape index (κ1) is 19.3. The number of halogens is 1. The van der Waals surface area contributed by atoms with Crippen LogP contribution < -0.4 is 5.32 Å². The smallest absolute Gasteiger partial charge is 0.194 e. The number of aromatic nitrogens is 3. The Hall–Kier alpha value is -2.42. The van der Waals surface area contributed by atoms with E-state index in [1.165, 1.54) is 11.1 Å². The average Bonchev–Trinajstić information content (AvgIpc) is 3.23. The fraction of sp³-hybridized carbons (Fsp3) is 0.250. The van der Waals surface area contributed by atoms with E-state index in [9.17, 15) is 0 Å².